The van der Waals surface area contributed by atoms with E-state index in [1.165, 1.54) is 38.5 Å². The number of pyridine rings is 1. The molecule has 1 aromatic rings. The van der Waals surface area contributed by atoms with Gasteiger partial charge in [-0.15, -0.1) is 0 Å². The summed E-state index contributed by atoms with van der Waals surface area (Å²) in [6.45, 7) is 1.01. The zero-order chi connectivity index (χ0) is 14.1. The Balaban J connectivity index is 1.95. The monoisotopic (exact) mass is 292 g/mol. The van der Waals surface area contributed by atoms with Gasteiger partial charge >= 0.3 is 0 Å². The first kappa shape index (κ1) is 13.7. The van der Waals surface area contributed by atoms with Gasteiger partial charge in [0, 0.05) is 24.3 Å². The summed E-state index contributed by atoms with van der Waals surface area (Å²) < 4.78 is 0. The predicted octanol–water partition coefficient (Wildman–Crippen LogP) is 3.18. The molecule has 2 heterocycles. The summed E-state index contributed by atoms with van der Waals surface area (Å²) in [4.78, 5) is 6.84. The zero-order valence-corrected chi connectivity index (χ0v) is 12.4. The van der Waals surface area contributed by atoms with Crippen LogP contribution in [0.4, 0.5) is 5.82 Å². The molecule has 1 saturated heterocycles. The molecular formula is C15H21ClN4. The van der Waals surface area contributed by atoms with E-state index in [2.05, 4.69) is 9.88 Å². The van der Waals surface area contributed by atoms with Crippen LogP contribution >= 0.6 is 11.6 Å². The predicted molar refractivity (Wildman–Crippen MR) is 82.6 cm³/mol. The Morgan fingerprint density at radius 3 is 2.85 bits per heavy atom. The molecule has 3 rings (SSSR count). The van der Waals surface area contributed by atoms with Gasteiger partial charge in [0.1, 0.15) is 11.7 Å². The number of halogens is 1. The first-order chi connectivity index (χ1) is 9.68. The van der Waals surface area contributed by atoms with E-state index in [1.807, 2.05) is 0 Å². The van der Waals surface area contributed by atoms with Gasteiger partial charge in [0.15, 0.2) is 0 Å². The van der Waals surface area contributed by atoms with Gasteiger partial charge in [-0.3, -0.25) is 5.41 Å². The third-order valence-electron chi connectivity index (χ3n) is 4.68. The number of nitrogens with two attached hydrogens (primary N) is 1. The van der Waals surface area contributed by atoms with E-state index in [9.17, 15) is 0 Å². The van der Waals surface area contributed by atoms with E-state index in [4.69, 9.17) is 22.7 Å². The van der Waals surface area contributed by atoms with E-state index in [0.717, 1.165) is 18.3 Å². The molecule has 2 atom stereocenters. The molecule has 0 aromatic carbocycles. The summed E-state index contributed by atoms with van der Waals surface area (Å²) in [5.74, 6) is 1.60. The highest BCUT2D eigenvalue weighted by Crippen LogP contribution is 2.39. The summed E-state index contributed by atoms with van der Waals surface area (Å²) in [5.41, 5.74) is 6.19. The first-order valence-electron chi connectivity index (χ1n) is 7.44. The second-order valence-corrected chi connectivity index (χ2v) is 6.24. The number of rotatable bonds is 2. The molecule has 0 unspecified atom stereocenters. The number of anilines is 1. The number of nitrogens with zero attached hydrogens (tertiary/aromatic N) is 2. The normalized spacial score (nSPS) is 26.1. The Morgan fingerprint density at radius 1 is 1.30 bits per heavy atom. The summed E-state index contributed by atoms with van der Waals surface area (Å²) in [7, 11) is 0. The van der Waals surface area contributed by atoms with Gasteiger partial charge in [0.05, 0.1) is 5.02 Å². The molecule has 1 aliphatic heterocycles. The highest BCUT2D eigenvalue weighted by Gasteiger charge is 2.34. The number of piperidine rings is 1. The molecule has 2 aliphatic rings. The summed E-state index contributed by atoms with van der Waals surface area (Å²) in [6.07, 6.45) is 9.43. The molecule has 0 radical (unpaired) electrons. The van der Waals surface area contributed by atoms with Crippen LogP contribution in [0.3, 0.4) is 0 Å². The molecule has 3 N–H and O–H groups in total. The van der Waals surface area contributed by atoms with Crippen LogP contribution in [0.5, 0.6) is 0 Å². The lowest BCUT2D eigenvalue weighted by molar-refractivity contribution is 0.243. The molecule has 2 fully saturated rings. The quantitative estimate of drug-likeness (QED) is 0.650. The largest absolute Gasteiger partial charge is 0.384 e. The lowest BCUT2D eigenvalue weighted by atomic mass is 9.78. The van der Waals surface area contributed by atoms with Gasteiger partial charge < -0.3 is 10.6 Å². The molecule has 1 aromatic heterocycles. The number of hydrogen-bond donors (Lipinski definition) is 2. The lowest BCUT2D eigenvalue weighted by Crippen LogP contribution is -2.47. The molecule has 0 bridgehead atoms. The van der Waals surface area contributed by atoms with Crippen LogP contribution in [0.1, 0.15) is 44.1 Å². The van der Waals surface area contributed by atoms with Crippen molar-refractivity contribution >= 4 is 23.3 Å². The van der Waals surface area contributed by atoms with Crippen LogP contribution in [0.15, 0.2) is 12.3 Å². The molecule has 4 nitrogen and oxygen atoms in total. The maximum Gasteiger partial charge on any atom is 0.148 e. The standard InChI is InChI=1S/C15H21ClN4/c16-13-11(14(17)18)7-8-19-15(13)20-9-3-5-10-4-1-2-6-12(10)20/h7-8,10,12H,1-6,9H2,(H3,17,18)/t10-,12-/m1/s1. The SMILES string of the molecule is N=C(N)c1ccnc(N2CCC[C@H]3CCCC[C@H]32)c1Cl. The van der Waals surface area contributed by atoms with Crippen molar-refractivity contribution in [3.05, 3.63) is 22.8 Å². The second-order valence-electron chi connectivity index (χ2n) is 5.86. The van der Waals surface area contributed by atoms with Gasteiger partial charge in [-0.2, -0.15) is 0 Å². The maximum absolute atomic E-state index is 7.62. The minimum absolute atomic E-state index is 0.0100. The fourth-order valence-electron chi connectivity index (χ4n) is 3.73. The average molecular weight is 293 g/mol. The Labute approximate surface area is 124 Å². The molecule has 1 saturated carbocycles. The van der Waals surface area contributed by atoms with Gasteiger partial charge in [0.25, 0.3) is 0 Å². The number of amidine groups is 1. The van der Waals surface area contributed by atoms with E-state index in [-0.39, 0.29) is 5.84 Å². The summed E-state index contributed by atoms with van der Waals surface area (Å²) >= 11 is 6.44. The maximum atomic E-state index is 7.62. The van der Waals surface area contributed by atoms with Crippen molar-refractivity contribution in [1.82, 2.24) is 4.98 Å². The Morgan fingerprint density at radius 2 is 2.05 bits per heavy atom. The minimum Gasteiger partial charge on any atom is -0.384 e. The summed E-state index contributed by atoms with van der Waals surface area (Å²) in [6, 6.07) is 2.28. The first-order valence-corrected chi connectivity index (χ1v) is 7.82. The number of fused-ring (bicyclic) bond motifs is 1. The van der Waals surface area contributed by atoms with Crippen molar-refractivity contribution < 1.29 is 0 Å². The van der Waals surface area contributed by atoms with Crippen molar-refractivity contribution in [3.63, 3.8) is 0 Å². The van der Waals surface area contributed by atoms with Crippen LogP contribution in [-0.4, -0.2) is 23.4 Å². The lowest BCUT2D eigenvalue weighted by Gasteiger charge is -2.45. The van der Waals surface area contributed by atoms with Crippen LogP contribution in [0, 0.1) is 11.3 Å². The number of nitrogens with one attached hydrogen (secondary N) is 1. The molecule has 0 amide bonds. The molecule has 108 valence electrons. The molecule has 0 spiro atoms. The van der Waals surface area contributed by atoms with Crippen molar-refractivity contribution in [2.45, 2.75) is 44.6 Å². The number of aromatic nitrogens is 1. The van der Waals surface area contributed by atoms with Gasteiger partial charge in [-0.05, 0) is 37.7 Å². The van der Waals surface area contributed by atoms with E-state index >= 15 is 0 Å². The highest BCUT2D eigenvalue weighted by atomic mass is 35.5. The fraction of sp³-hybridized carbons (Fsp3) is 0.600. The van der Waals surface area contributed by atoms with Crippen molar-refractivity contribution in [1.29, 1.82) is 5.41 Å². The van der Waals surface area contributed by atoms with Gasteiger partial charge in [-0.1, -0.05) is 24.4 Å². The van der Waals surface area contributed by atoms with Crippen molar-refractivity contribution in [3.8, 4) is 0 Å². The van der Waals surface area contributed by atoms with Crippen molar-refractivity contribution in [2.75, 3.05) is 11.4 Å². The van der Waals surface area contributed by atoms with Crippen LogP contribution in [0.2, 0.25) is 5.02 Å². The van der Waals surface area contributed by atoms with Crippen molar-refractivity contribution in [2.24, 2.45) is 11.7 Å². The van der Waals surface area contributed by atoms with Gasteiger partial charge in [0.2, 0.25) is 0 Å². The zero-order valence-electron chi connectivity index (χ0n) is 11.6. The van der Waals surface area contributed by atoms with E-state index < -0.39 is 0 Å². The minimum atomic E-state index is 0.0100. The van der Waals surface area contributed by atoms with Crippen LogP contribution in [-0.2, 0) is 0 Å². The third-order valence-corrected chi connectivity index (χ3v) is 5.05. The van der Waals surface area contributed by atoms with Crippen LogP contribution < -0.4 is 10.6 Å². The van der Waals surface area contributed by atoms with Crippen LogP contribution in [0.25, 0.3) is 0 Å². The molecule has 20 heavy (non-hydrogen) atoms. The Hall–Kier alpha value is -1.29. The second kappa shape index (κ2) is 5.60. The third kappa shape index (κ3) is 2.37. The average Bonchev–Trinajstić information content (AvgIpc) is 2.47. The Bertz CT molecular complexity index is 515. The fourth-order valence-corrected chi connectivity index (χ4v) is 4.05. The number of nitrogen functional groups attached to an aromatic ring is 1. The Kier molecular flexibility index (Phi) is 3.83. The molecule has 5 heteroatoms. The van der Waals surface area contributed by atoms with Gasteiger partial charge in [-0.25, -0.2) is 4.98 Å². The molecular weight excluding hydrogens is 272 g/mol. The summed E-state index contributed by atoms with van der Waals surface area (Å²) in [5, 5.41) is 8.15. The smallest absolute Gasteiger partial charge is 0.148 e. The van der Waals surface area contributed by atoms with E-state index in [0.29, 0.717) is 16.6 Å². The highest BCUT2D eigenvalue weighted by molar-refractivity contribution is 6.36. The topological polar surface area (TPSA) is 66.0 Å². The molecule has 1 aliphatic carbocycles. The number of hydrogen-bond acceptors (Lipinski definition) is 3. The van der Waals surface area contributed by atoms with E-state index in [1.54, 1.807) is 12.3 Å².